The number of sulfonamides is 1. The highest BCUT2D eigenvalue weighted by molar-refractivity contribution is 7.89. The number of benzene rings is 2. The van der Waals surface area contributed by atoms with E-state index in [1.807, 2.05) is 0 Å². The molecule has 0 unspecified atom stereocenters. The van der Waals surface area contributed by atoms with Crippen LogP contribution in [0.1, 0.15) is 15.9 Å². The zero-order valence-corrected chi connectivity index (χ0v) is 14.6. The van der Waals surface area contributed by atoms with Gasteiger partial charge in [-0.15, -0.1) is 0 Å². The molecule has 0 fully saturated rings. The summed E-state index contributed by atoms with van der Waals surface area (Å²) in [7, 11) is -1.05. The molecule has 2 rings (SSSR count). The summed E-state index contributed by atoms with van der Waals surface area (Å²) in [5.41, 5.74) is 0.668. The van der Waals surface area contributed by atoms with E-state index < -0.39 is 16.0 Å². The van der Waals surface area contributed by atoms with Gasteiger partial charge in [-0.25, -0.2) is 21.9 Å². The van der Waals surface area contributed by atoms with Gasteiger partial charge in [0.2, 0.25) is 10.0 Å². The van der Waals surface area contributed by atoms with Crippen molar-refractivity contribution in [1.29, 1.82) is 0 Å². The summed E-state index contributed by atoms with van der Waals surface area (Å²) in [6.45, 7) is -0.0580. The fraction of sp³-hybridized carbons (Fsp3) is 0.188. The maximum atomic E-state index is 12.8. The minimum atomic E-state index is -3.78. The third-order valence-corrected chi connectivity index (χ3v) is 5.51. The van der Waals surface area contributed by atoms with E-state index in [0.717, 1.165) is 4.31 Å². The SMILES string of the molecule is CN(C)S(=O)(=O)c1cc(C(=O)OCc2ccc(F)cc2)ccc1Cl. The number of rotatable bonds is 5. The summed E-state index contributed by atoms with van der Waals surface area (Å²) >= 11 is 5.92. The molecule has 0 spiro atoms. The van der Waals surface area contributed by atoms with Crippen LogP contribution in [0.3, 0.4) is 0 Å². The van der Waals surface area contributed by atoms with E-state index in [-0.39, 0.29) is 27.9 Å². The Bertz CT molecular complexity index is 851. The number of carbonyl (C=O) groups excluding carboxylic acids is 1. The van der Waals surface area contributed by atoms with Crippen molar-refractivity contribution in [3.8, 4) is 0 Å². The summed E-state index contributed by atoms with van der Waals surface area (Å²) < 4.78 is 43.3. The lowest BCUT2D eigenvalue weighted by Gasteiger charge is -2.13. The van der Waals surface area contributed by atoms with Crippen molar-refractivity contribution in [2.75, 3.05) is 14.1 Å². The van der Waals surface area contributed by atoms with Crippen molar-refractivity contribution in [3.05, 3.63) is 64.4 Å². The Kier molecular flexibility index (Phi) is 5.58. The van der Waals surface area contributed by atoms with Crippen LogP contribution >= 0.6 is 11.6 Å². The molecule has 0 N–H and O–H groups in total. The second-order valence-corrected chi connectivity index (χ2v) is 7.66. The Labute approximate surface area is 144 Å². The first-order valence-electron chi connectivity index (χ1n) is 6.85. The Morgan fingerprint density at radius 1 is 1.17 bits per heavy atom. The van der Waals surface area contributed by atoms with Gasteiger partial charge >= 0.3 is 5.97 Å². The van der Waals surface area contributed by atoms with Crippen LogP contribution in [0.2, 0.25) is 5.02 Å². The quantitative estimate of drug-likeness (QED) is 0.758. The van der Waals surface area contributed by atoms with Crippen LogP contribution in [-0.2, 0) is 21.4 Å². The monoisotopic (exact) mass is 371 g/mol. The minimum Gasteiger partial charge on any atom is -0.457 e. The standard InChI is InChI=1S/C16H15ClFNO4S/c1-19(2)24(21,22)15-9-12(5-8-14(15)17)16(20)23-10-11-3-6-13(18)7-4-11/h3-9H,10H2,1-2H3. The van der Waals surface area contributed by atoms with E-state index in [2.05, 4.69) is 0 Å². The van der Waals surface area contributed by atoms with Gasteiger partial charge in [0.05, 0.1) is 10.6 Å². The normalized spacial score (nSPS) is 11.5. The molecule has 0 atom stereocenters. The van der Waals surface area contributed by atoms with Crippen molar-refractivity contribution in [3.63, 3.8) is 0 Å². The number of esters is 1. The van der Waals surface area contributed by atoms with Crippen molar-refractivity contribution in [1.82, 2.24) is 4.31 Å². The van der Waals surface area contributed by atoms with Gasteiger partial charge in [0.25, 0.3) is 0 Å². The van der Waals surface area contributed by atoms with E-state index >= 15 is 0 Å². The second kappa shape index (κ2) is 7.29. The molecule has 0 amide bonds. The first-order chi connectivity index (χ1) is 11.2. The van der Waals surface area contributed by atoms with E-state index in [4.69, 9.17) is 16.3 Å². The highest BCUT2D eigenvalue weighted by Crippen LogP contribution is 2.25. The average Bonchev–Trinajstić information content (AvgIpc) is 2.54. The first kappa shape index (κ1) is 18.4. The molecule has 0 aliphatic rings. The van der Waals surface area contributed by atoms with Crippen LogP contribution in [0.25, 0.3) is 0 Å². The van der Waals surface area contributed by atoms with Gasteiger partial charge in [-0.2, -0.15) is 0 Å². The lowest BCUT2D eigenvalue weighted by molar-refractivity contribution is 0.0472. The molecular formula is C16H15ClFNO4S. The van der Waals surface area contributed by atoms with Gasteiger partial charge in [-0.1, -0.05) is 23.7 Å². The number of hydrogen-bond donors (Lipinski definition) is 0. The molecule has 5 nitrogen and oxygen atoms in total. The van der Waals surface area contributed by atoms with Gasteiger partial charge in [0, 0.05) is 14.1 Å². The molecule has 0 heterocycles. The molecular weight excluding hydrogens is 357 g/mol. The molecule has 0 saturated carbocycles. The molecule has 0 aliphatic carbocycles. The highest BCUT2D eigenvalue weighted by Gasteiger charge is 2.22. The van der Waals surface area contributed by atoms with E-state index in [0.29, 0.717) is 5.56 Å². The largest absolute Gasteiger partial charge is 0.457 e. The summed E-state index contributed by atoms with van der Waals surface area (Å²) in [6.07, 6.45) is 0. The van der Waals surface area contributed by atoms with Gasteiger partial charge in [0.1, 0.15) is 17.3 Å². The third kappa shape index (κ3) is 4.11. The van der Waals surface area contributed by atoms with Crippen molar-refractivity contribution in [2.45, 2.75) is 11.5 Å². The predicted molar refractivity (Wildman–Crippen MR) is 87.8 cm³/mol. The van der Waals surface area contributed by atoms with Crippen LogP contribution in [0.4, 0.5) is 4.39 Å². The fourth-order valence-corrected chi connectivity index (χ4v) is 3.23. The Balaban J connectivity index is 2.20. The maximum absolute atomic E-state index is 12.8. The minimum absolute atomic E-state index is 0.0128. The Morgan fingerprint density at radius 3 is 2.38 bits per heavy atom. The molecule has 128 valence electrons. The lowest BCUT2D eigenvalue weighted by Crippen LogP contribution is -2.23. The number of hydrogen-bond acceptors (Lipinski definition) is 4. The van der Waals surface area contributed by atoms with Crippen LogP contribution < -0.4 is 0 Å². The number of ether oxygens (including phenoxy) is 1. The van der Waals surface area contributed by atoms with Crippen LogP contribution in [-0.4, -0.2) is 32.8 Å². The lowest BCUT2D eigenvalue weighted by atomic mass is 10.2. The smallest absolute Gasteiger partial charge is 0.338 e. The second-order valence-electron chi connectivity index (χ2n) is 5.14. The predicted octanol–water partition coefficient (Wildman–Crippen LogP) is 3.09. The van der Waals surface area contributed by atoms with Gasteiger partial charge in [0.15, 0.2) is 0 Å². The summed E-state index contributed by atoms with van der Waals surface area (Å²) in [4.78, 5) is 11.9. The average molecular weight is 372 g/mol. The molecule has 0 bridgehead atoms. The molecule has 0 radical (unpaired) electrons. The highest BCUT2D eigenvalue weighted by atomic mass is 35.5. The third-order valence-electron chi connectivity index (χ3n) is 3.21. The molecule has 0 aromatic heterocycles. The topological polar surface area (TPSA) is 63.7 Å². The number of nitrogens with zero attached hydrogens (tertiary/aromatic N) is 1. The summed E-state index contributed by atoms with van der Waals surface area (Å²) in [5, 5.41) is 0.0128. The van der Waals surface area contributed by atoms with E-state index in [1.54, 1.807) is 0 Å². The summed E-state index contributed by atoms with van der Waals surface area (Å²) in [6, 6.07) is 9.38. The summed E-state index contributed by atoms with van der Waals surface area (Å²) in [5.74, 6) is -1.09. The zero-order valence-electron chi connectivity index (χ0n) is 13.0. The van der Waals surface area contributed by atoms with Crippen molar-refractivity contribution in [2.24, 2.45) is 0 Å². The van der Waals surface area contributed by atoms with Crippen LogP contribution in [0.5, 0.6) is 0 Å². The maximum Gasteiger partial charge on any atom is 0.338 e. The Morgan fingerprint density at radius 2 is 1.79 bits per heavy atom. The van der Waals surface area contributed by atoms with Gasteiger partial charge < -0.3 is 4.74 Å². The van der Waals surface area contributed by atoms with Crippen molar-refractivity contribution < 1.29 is 22.3 Å². The van der Waals surface area contributed by atoms with Crippen LogP contribution in [0.15, 0.2) is 47.4 Å². The molecule has 2 aromatic carbocycles. The molecule has 0 aliphatic heterocycles. The number of carbonyl (C=O) groups is 1. The first-order valence-corrected chi connectivity index (χ1v) is 8.67. The van der Waals surface area contributed by atoms with Gasteiger partial charge in [-0.05, 0) is 35.9 Å². The van der Waals surface area contributed by atoms with E-state index in [1.165, 1.54) is 56.6 Å². The fourth-order valence-electron chi connectivity index (χ4n) is 1.84. The zero-order chi connectivity index (χ0) is 17.9. The molecule has 2 aromatic rings. The van der Waals surface area contributed by atoms with Crippen molar-refractivity contribution >= 4 is 27.6 Å². The number of halogens is 2. The Hall–Kier alpha value is -1.96. The van der Waals surface area contributed by atoms with E-state index in [9.17, 15) is 17.6 Å². The molecule has 0 saturated heterocycles. The molecule has 8 heteroatoms. The van der Waals surface area contributed by atoms with Gasteiger partial charge in [-0.3, -0.25) is 0 Å². The van der Waals surface area contributed by atoms with Crippen LogP contribution in [0, 0.1) is 5.82 Å². The molecule has 24 heavy (non-hydrogen) atoms.